The number of ether oxygens (including phenoxy) is 1. The molecule has 0 saturated carbocycles. The first kappa shape index (κ1) is 18.6. The van der Waals surface area contributed by atoms with Crippen molar-refractivity contribution in [1.82, 2.24) is 5.32 Å². The molecule has 0 spiro atoms. The van der Waals surface area contributed by atoms with Crippen LogP contribution in [0.2, 0.25) is 0 Å². The number of Topliss-reactive ketones (excluding diaryl/α,β-unsaturated/α-hetero) is 2. The first-order chi connectivity index (χ1) is 11.0. The highest BCUT2D eigenvalue weighted by Gasteiger charge is 2.31. The van der Waals surface area contributed by atoms with Crippen LogP contribution >= 0.6 is 0 Å². The number of alkyl carbamates (subject to hydrolysis) is 1. The summed E-state index contributed by atoms with van der Waals surface area (Å²) in [5, 5.41) is 2.63. The molecule has 0 heterocycles. The van der Waals surface area contributed by atoms with E-state index in [1.165, 1.54) is 19.9 Å². The van der Waals surface area contributed by atoms with Gasteiger partial charge >= 0.3 is 6.09 Å². The molecule has 1 aromatic rings. The van der Waals surface area contributed by atoms with E-state index in [1.807, 2.05) is 30.3 Å². The molecule has 0 radical (unpaired) electrons. The average molecular weight is 317 g/mol. The molecule has 1 rings (SSSR count). The molecular weight excluding hydrogens is 294 g/mol. The fourth-order valence-corrected chi connectivity index (χ4v) is 2.47. The second-order valence-corrected chi connectivity index (χ2v) is 5.36. The Morgan fingerprint density at radius 3 is 2.30 bits per heavy atom. The summed E-state index contributed by atoms with van der Waals surface area (Å²) >= 11 is 0. The topological polar surface area (TPSA) is 72.5 Å². The van der Waals surface area contributed by atoms with Crippen molar-refractivity contribution in [2.24, 2.45) is 5.92 Å². The van der Waals surface area contributed by atoms with Crippen LogP contribution in [0, 0.1) is 5.92 Å². The average Bonchev–Trinajstić information content (AvgIpc) is 2.50. The van der Waals surface area contributed by atoms with Gasteiger partial charge in [0.25, 0.3) is 0 Å². The lowest BCUT2D eigenvalue weighted by atomic mass is 9.88. The lowest BCUT2D eigenvalue weighted by Gasteiger charge is -2.24. The maximum Gasteiger partial charge on any atom is 0.407 e. The van der Waals surface area contributed by atoms with Crippen LogP contribution in [0.25, 0.3) is 0 Å². The molecule has 1 aromatic carbocycles. The van der Waals surface area contributed by atoms with Crippen molar-refractivity contribution in [2.75, 3.05) is 6.61 Å². The van der Waals surface area contributed by atoms with Crippen molar-refractivity contribution >= 4 is 17.7 Å². The molecule has 23 heavy (non-hydrogen) atoms. The quantitative estimate of drug-likeness (QED) is 0.561. The maximum atomic E-state index is 11.8. The number of carbonyl (C=O) groups is 3. The number of ketones is 2. The van der Waals surface area contributed by atoms with Gasteiger partial charge in [0.15, 0.2) is 0 Å². The van der Waals surface area contributed by atoms with Crippen LogP contribution in [0.15, 0.2) is 43.0 Å². The minimum Gasteiger partial charge on any atom is -0.445 e. The van der Waals surface area contributed by atoms with Gasteiger partial charge in [0.1, 0.15) is 18.2 Å². The molecule has 0 saturated heterocycles. The SMILES string of the molecule is C=CCOC(=O)N[C@@H](CCc1ccccc1)C(C(C)=O)C(C)=O. The van der Waals surface area contributed by atoms with Crippen LogP contribution < -0.4 is 5.32 Å². The van der Waals surface area contributed by atoms with E-state index in [0.29, 0.717) is 12.8 Å². The number of nitrogens with one attached hydrogen (secondary N) is 1. The fourth-order valence-electron chi connectivity index (χ4n) is 2.47. The highest BCUT2D eigenvalue weighted by molar-refractivity contribution is 6.01. The summed E-state index contributed by atoms with van der Waals surface area (Å²) in [5.74, 6) is -1.39. The Labute approximate surface area is 136 Å². The molecular formula is C18H23NO4. The second kappa shape index (κ2) is 9.56. The first-order valence-corrected chi connectivity index (χ1v) is 7.54. The summed E-state index contributed by atoms with van der Waals surface area (Å²) in [6.07, 6.45) is 1.91. The van der Waals surface area contributed by atoms with E-state index in [2.05, 4.69) is 11.9 Å². The predicted octanol–water partition coefficient (Wildman–Crippen LogP) is 2.69. The molecule has 124 valence electrons. The highest BCUT2D eigenvalue weighted by atomic mass is 16.5. The van der Waals surface area contributed by atoms with E-state index in [-0.39, 0.29) is 18.2 Å². The zero-order chi connectivity index (χ0) is 17.2. The summed E-state index contributed by atoms with van der Waals surface area (Å²) in [7, 11) is 0. The Morgan fingerprint density at radius 1 is 1.17 bits per heavy atom. The third-order valence-electron chi connectivity index (χ3n) is 3.50. The van der Waals surface area contributed by atoms with Crippen molar-refractivity contribution in [3.05, 3.63) is 48.6 Å². The van der Waals surface area contributed by atoms with E-state index >= 15 is 0 Å². The smallest absolute Gasteiger partial charge is 0.407 e. The van der Waals surface area contributed by atoms with Crippen LogP contribution in [0.4, 0.5) is 4.79 Å². The third kappa shape index (κ3) is 6.46. The van der Waals surface area contributed by atoms with Gasteiger partial charge in [-0.05, 0) is 32.3 Å². The van der Waals surface area contributed by atoms with E-state index in [4.69, 9.17) is 4.74 Å². The molecule has 0 aromatic heterocycles. The number of benzene rings is 1. The monoisotopic (exact) mass is 317 g/mol. The van der Waals surface area contributed by atoms with E-state index < -0.39 is 18.1 Å². The van der Waals surface area contributed by atoms with Gasteiger partial charge in [-0.3, -0.25) is 9.59 Å². The third-order valence-corrected chi connectivity index (χ3v) is 3.50. The lowest BCUT2D eigenvalue weighted by Crippen LogP contribution is -2.46. The molecule has 1 atom stereocenters. The number of amides is 1. The maximum absolute atomic E-state index is 11.8. The van der Waals surface area contributed by atoms with Crippen LogP contribution in [0.3, 0.4) is 0 Å². The van der Waals surface area contributed by atoms with Gasteiger partial charge in [0, 0.05) is 6.04 Å². The summed E-state index contributed by atoms with van der Waals surface area (Å²) in [4.78, 5) is 35.4. The molecule has 0 unspecified atom stereocenters. The molecule has 0 fully saturated rings. The predicted molar refractivity (Wildman–Crippen MR) is 88.1 cm³/mol. The van der Waals surface area contributed by atoms with Crippen molar-refractivity contribution in [3.8, 4) is 0 Å². The van der Waals surface area contributed by atoms with Crippen molar-refractivity contribution in [1.29, 1.82) is 0 Å². The van der Waals surface area contributed by atoms with Gasteiger partial charge in [-0.1, -0.05) is 43.0 Å². The largest absolute Gasteiger partial charge is 0.445 e. The Balaban J connectivity index is 2.81. The van der Waals surface area contributed by atoms with Crippen LogP contribution in [0.5, 0.6) is 0 Å². The minimum atomic E-state index is -0.866. The number of rotatable bonds is 9. The van der Waals surface area contributed by atoms with Crippen LogP contribution in [0.1, 0.15) is 25.8 Å². The van der Waals surface area contributed by atoms with Gasteiger partial charge in [0.2, 0.25) is 0 Å². The summed E-state index contributed by atoms with van der Waals surface area (Å²) in [6.45, 7) is 6.26. The standard InChI is InChI=1S/C18H23NO4/c1-4-12-23-18(22)19-16(17(13(2)20)14(3)21)11-10-15-8-6-5-7-9-15/h4-9,16-17H,1,10-12H2,2-3H3,(H,19,22)/t16-/m0/s1. The molecule has 5 heteroatoms. The molecule has 1 N–H and O–H groups in total. The molecule has 0 aliphatic heterocycles. The molecule has 0 aliphatic carbocycles. The summed E-state index contributed by atoms with van der Waals surface area (Å²) in [5.41, 5.74) is 1.07. The number of aryl methyl sites for hydroxylation is 1. The van der Waals surface area contributed by atoms with E-state index in [9.17, 15) is 14.4 Å². The summed E-state index contributed by atoms with van der Waals surface area (Å²) in [6, 6.07) is 9.09. The first-order valence-electron chi connectivity index (χ1n) is 7.54. The van der Waals surface area contributed by atoms with Crippen LogP contribution in [-0.2, 0) is 20.7 Å². The lowest BCUT2D eigenvalue weighted by molar-refractivity contribution is -0.131. The second-order valence-electron chi connectivity index (χ2n) is 5.36. The van der Waals surface area contributed by atoms with Crippen molar-refractivity contribution < 1.29 is 19.1 Å². The Kier molecular flexibility index (Phi) is 7.74. The summed E-state index contributed by atoms with van der Waals surface area (Å²) < 4.78 is 4.89. The molecule has 0 aliphatic rings. The van der Waals surface area contributed by atoms with Crippen LogP contribution in [-0.4, -0.2) is 30.3 Å². The molecule has 1 amide bonds. The van der Waals surface area contributed by atoms with Gasteiger partial charge < -0.3 is 10.1 Å². The Bertz CT molecular complexity index is 539. The van der Waals surface area contributed by atoms with Crippen molar-refractivity contribution in [3.63, 3.8) is 0 Å². The van der Waals surface area contributed by atoms with E-state index in [0.717, 1.165) is 5.56 Å². The normalized spacial score (nSPS) is 11.6. The number of hydrogen-bond donors (Lipinski definition) is 1. The number of carbonyl (C=O) groups excluding carboxylic acids is 3. The fraction of sp³-hybridized carbons (Fsp3) is 0.389. The van der Waals surface area contributed by atoms with E-state index in [1.54, 1.807) is 0 Å². The highest BCUT2D eigenvalue weighted by Crippen LogP contribution is 2.15. The molecule has 5 nitrogen and oxygen atoms in total. The Hall–Kier alpha value is -2.43. The zero-order valence-electron chi connectivity index (χ0n) is 13.6. The van der Waals surface area contributed by atoms with Gasteiger partial charge in [-0.25, -0.2) is 4.79 Å². The molecule has 0 bridgehead atoms. The van der Waals surface area contributed by atoms with Gasteiger partial charge in [-0.2, -0.15) is 0 Å². The van der Waals surface area contributed by atoms with Gasteiger partial charge in [-0.15, -0.1) is 0 Å². The van der Waals surface area contributed by atoms with Gasteiger partial charge in [0.05, 0.1) is 5.92 Å². The zero-order valence-corrected chi connectivity index (χ0v) is 13.6. The minimum absolute atomic E-state index is 0.0715. The van der Waals surface area contributed by atoms with Crippen molar-refractivity contribution in [2.45, 2.75) is 32.7 Å². The Morgan fingerprint density at radius 2 is 1.78 bits per heavy atom. The number of hydrogen-bond acceptors (Lipinski definition) is 4.